The lowest BCUT2D eigenvalue weighted by Gasteiger charge is -2.26. The van der Waals surface area contributed by atoms with Gasteiger partial charge in [-0.1, -0.05) is 85.0 Å². The second-order valence-corrected chi connectivity index (χ2v) is 9.01. The molecule has 0 unspecified atom stereocenters. The number of rotatable bonds is 6. The second-order valence-electron chi connectivity index (χ2n) is 8.40. The van der Waals surface area contributed by atoms with Crippen LogP contribution in [0.5, 0.6) is 0 Å². The number of hydrogen-bond acceptors (Lipinski definition) is 2. The van der Waals surface area contributed by atoms with Crippen LogP contribution in [-0.4, -0.2) is 4.99 Å². The first-order chi connectivity index (χ1) is 15.7. The average molecular weight is 435 g/mol. The Morgan fingerprint density at radius 2 is 1.31 bits per heavy atom. The Morgan fingerprint density at radius 1 is 0.750 bits per heavy atom. The molecule has 4 aromatic rings. The van der Waals surface area contributed by atoms with Gasteiger partial charge in [0.05, 0.1) is 4.99 Å². The molecule has 3 heteroatoms. The van der Waals surface area contributed by atoms with E-state index >= 15 is 0 Å². The van der Waals surface area contributed by atoms with Crippen molar-refractivity contribution >= 4 is 28.6 Å². The molecule has 2 nitrogen and oxygen atoms in total. The number of fused-ring (bicyclic) bond motifs is 3. The third-order valence-corrected chi connectivity index (χ3v) is 6.09. The summed E-state index contributed by atoms with van der Waals surface area (Å²) in [5, 5.41) is 3.27. The SMILES string of the molecule is CC(=S)Nc1ccc2c(c1)Cc1cc(N(Cc3ccccc3)Cc3ccccc3)ccc1-2. The molecule has 32 heavy (non-hydrogen) atoms. The summed E-state index contributed by atoms with van der Waals surface area (Å²) in [7, 11) is 0. The van der Waals surface area contributed by atoms with Crippen LogP contribution in [-0.2, 0) is 19.5 Å². The molecule has 0 radical (unpaired) electrons. The number of nitrogens with zero attached hydrogens (tertiary/aromatic N) is 1. The topological polar surface area (TPSA) is 15.3 Å². The van der Waals surface area contributed by atoms with Crippen molar-refractivity contribution in [2.75, 3.05) is 10.2 Å². The van der Waals surface area contributed by atoms with Gasteiger partial charge in [0.2, 0.25) is 0 Å². The molecule has 1 aliphatic carbocycles. The Balaban J connectivity index is 1.45. The van der Waals surface area contributed by atoms with Gasteiger partial charge in [0.1, 0.15) is 0 Å². The summed E-state index contributed by atoms with van der Waals surface area (Å²) in [5.74, 6) is 0. The Labute approximate surface area is 195 Å². The van der Waals surface area contributed by atoms with Crippen LogP contribution in [0, 0.1) is 0 Å². The van der Waals surface area contributed by atoms with Crippen LogP contribution in [0.25, 0.3) is 11.1 Å². The normalized spacial score (nSPS) is 11.5. The second kappa shape index (κ2) is 8.97. The maximum absolute atomic E-state index is 5.21. The van der Waals surface area contributed by atoms with Gasteiger partial charge in [0.25, 0.3) is 0 Å². The number of anilines is 2. The van der Waals surface area contributed by atoms with E-state index in [9.17, 15) is 0 Å². The molecular formula is C29H26N2S. The molecule has 4 aromatic carbocycles. The predicted octanol–water partition coefficient (Wildman–Crippen LogP) is 7.22. The third kappa shape index (κ3) is 4.44. The van der Waals surface area contributed by atoms with E-state index in [2.05, 4.69) is 107 Å². The molecule has 158 valence electrons. The highest BCUT2D eigenvalue weighted by Crippen LogP contribution is 2.40. The van der Waals surface area contributed by atoms with Crippen LogP contribution in [0.3, 0.4) is 0 Å². The van der Waals surface area contributed by atoms with E-state index in [-0.39, 0.29) is 0 Å². The lowest BCUT2D eigenvalue weighted by atomic mass is 10.0. The fourth-order valence-electron chi connectivity index (χ4n) is 4.52. The van der Waals surface area contributed by atoms with Gasteiger partial charge in [-0.25, -0.2) is 0 Å². The standard InChI is InChI=1S/C29H26N2S/c1-21(32)30-26-12-14-28-24(17-26)16-25-18-27(13-15-29(25)28)31(19-22-8-4-2-5-9-22)20-23-10-6-3-7-11-23/h2-15,17-18H,16,19-20H2,1H3,(H,30,32). The van der Waals surface area contributed by atoms with Crippen molar-refractivity contribution in [2.45, 2.75) is 26.4 Å². The Hall–Kier alpha value is -3.43. The van der Waals surface area contributed by atoms with Crippen molar-refractivity contribution in [2.24, 2.45) is 0 Å². The lowest BCUT2D eigenvalue weighted by Crippen LogP contribution is -2.22. The van der Waals surface area contributed by atoms with Crippen LogP contribution in [0.4, 0.5) is 11.4 Å². The Bertz CT molecular complexity index is 1210. The van der Waals surface area contributed by atoms with E-state index in [1.165, 1.54) is 39.1 Å². The molecule has 0 spiro atoms. The van der Waals surface area contributed by atoms with Crippen LogP contribution in [0.1, 0.15) is 29.2 Å². The summed E-state index contributed by atoms with van der Waals surface area (Å²) >= 11 is 5.21. The van der Waals surface area contributed by atoms with Gasteiger partial charge in [-0.2, -0.15) is 0 Å². The zero-order valence-corrected chi connectivity index (χ0v) is 19.0. The quantitative estimate of drug-likeness (QED) is 0.284. The van der Waals surface area contributed by atoms with Crippen molar-refractivity contribution in [3.63, 3.8) is 0 Å². The van der Waals surface area contributed by atoms with Gasteiger partial charge in [0.15, 0.2) is 0 Å². The number of benzene rings is 4. The molecule has 0 amide bonds. The maximum atomic E-state index is 5.21. The van der Waals surface area contributed by atoms with Gasteiger partial charge in [-0.3, -0.25) is 0 Å². The molecule has 0 saturated heterocycles. The van der Waals surface area contributed by atoms with E-state index in [0.29, 0.717) is 0 Å². The van der Waals surface area contributed by atoms with E-state index in [4.69, 9.17) is 12.2 Å². The van der Waals surface area contributed by atoms with Gasteiger partial charge in [-0.15, -0.1) is 0 Å². The van der Waals surface area contributed by atoms with Crippen molar-refractivity contribution in [1.82, 2.24) is 0 Å². The summed E-state index contributed by atoms with van der Waals surface area (Å²) in [4.78, 5) is 3.26. The molecule has 0 bridgehead atoms. The average Bonchev–Trinajstić information content (AvgIpc) is 3.16. The van der Waals surface area contributed by atoms with Gasteiger partial charge in [-0.05, 0) is 71.0 Å². The molecule has 0 aliphatic heterocycles. The first kappa shape index (κ1) is 20.5. The fourth-order valence-corrected chi connectivity index (χ4v) is 4.64. The highest BCUT2D eigenvalue weighted by Gasteiger charge is 2.20. The lowest BCUT2D eigenvalue weighted by molar-refractivity contribution is 0.799. The first-order valence-electron chi connectivity index (χ1n) is 11.0. The maximum Gasteiger partial charge on any atom is 0.0765 e. The largest absolute Gasteiger partial charge is 0.363 e. The minimum atomic E-state index is 0.792. The molecule has 5 rings (SSSR count). The zero-order chi connectivity index (χ0) is 21.9. The van der Waals surface area contributed by atoms with Crippen LogP contribution < -0.4 is 10.2 Å². The Kier molecular flexibility index (Phi) is 5.74. The summed E-state index contributed by atoms with van der Waals surface area (Å²) < 4.78 is 0. The molecular weight excluding hydrogens is 408 g/mol. The molecule has 1 N–H and O–H groups in total. The minimum absolute atomic E-state index is 0.792. The summed E-state index contributed by atoms with van der Waals surface area (Å²) in [5.41, 5.74) is 10.4. The van der Waals surface area contributed by atoms with Crippen LogP contribution in [0.15, 0.2) is 97.1 Å². The van der Waals surface area contributed by atoms with Crippen molar-refractivity contribution in [1.29, 1.82) is 0 Å². The van der Waals surface area contributed by atoms with Crippen molar-refractivity contribution in [3.05, 3.63) is 119 Å². The van der Waals surface area contributed by atoms with Crippen LogP contribution in [0.2, 0.25) is 0 Å². The third-order valence-electron chi connectivity index (χ3n) is 5.98. The Morgan fingerprint density at radius 3 is 1.91 bits per heavy atom. The summed E-state index contributed by atoms with van der Waals surface area (Å²) in [6.45, 7) is 3.67. The molecule has 0 fully saturated rings. The number of hydrogen-bond donors (Lipinski definition) is 1. The fraction of sp³-hybridized carbons (Fsp3) is 0.138. The number of nitrogens with one attached hydrogen (secondary N) is 1. The number of thiocarbonyl (C=S) groups is 1. The smallest absolute Gasteiger partial charge is 0.0765 e. The molecule has 0 heterocycles. The molecule has 0 saturated carbocycles. The summed E-state index contributed by atoms with van der Waals surface area (Å²) in [6.07, 6.45) is 0.953. The van der Waals surface area contributed by atoms with Crippen LogP contribution >= 0.6 is 12.2 Å². The molecule has 1 aliphatic rings. The molecule has 0 aromatic heterocycles. The van der Waals surface area contributed by atoms with E-state index in [0.717, 1.165) is 30.2 Å². The van der Waals surface area contributed by atoms with Crippen molar-refractivity contribution in [3.8, 4) is 11.1 Å². The van der Waals surface area contributed by atoms with E-state index < -0.39 is 0 Å². The first-order valence-corrected chi connectivity index (χ1v) is 11.4. The summed E-state index contributed by atoms with van der Waals surface area (Å²) in [6, 6.07) is 34.9. The van der Waals surface area contributed by atoms with Gasteiger partial charge in [0, 0.05) is 24.5 Å². The minimum Gasteiger partial charge on any atom is -0.363 e. The zero-order valence-electron chi connectivity index (χ0n) is 18.2. The monoisotopic (exact) mass is 434 g/mol. The highest BCUT2D eigenvalue weighted by atomic mass is 32.1. The van der Waals surface area contributed by atoms with Gasteiger partial charge < -0.3 is 10.2 Å². The van der Waals surface area contributed by atoms with E-state index in [1.54, 1.807) is 0 Å². The highest BCUT2D eigenvalue weighted by molar-refractivity contribution is 7.80. The predicted molar refractivity (Wildman–Crippen MR) is 139 cm³/mol. The van der Waals surface area contributed by atoms with Gasteiger partial charge >= 0.3 is 0 Å². The van der Waals surface area contributed by atoms with Crippen molar-refractivity contribution < 1.29 is 0 Å². The van der Waals surface area contributed by atoms with E-state index in [1.807, 2.05) is 6.92 Å². The molecule has 0 atom stereocenters.